The lowest BCUT2D eigenvalue weighted by molar-refractivity contribution is -0.136. The monoisotopic (exact) mass is 239 g/mol. The number of hydrogen-bond donors (Lipinski definition) is 1. The Morgan fingerprint density at radius 2 is 2.38 bits per heavy atom. The normalized spacial score (nSPS) is 19.1. The molecule has 0 spiro atoms. The number of nitrogens with zero attached hydrogens (tertiary/aromatic N) is 1. The van der Waals surface area contributed by atoms with Crippen LogP contribution in [0.3, 0.4) is 0 Å². The van der Waals surface area contributed by atoms with Gasteiger partial charge in [-0.15, -0.1) is 11.8 Å². The van der Waals surface area contributed by atoms with Crippen LogP contribution in [0.1, 0.15) is 0 Å². The first kappa shape index (κ1) is 11.1. The van der Waals surface area contributed by atoms with Gasteiger partial charge in [-0.05, 0) is 12.1 Å². The Hall–Kier alpha value is -1.36. The molecule has 0 radical (unpaired) electrons. The number of para-hydroxylation sites is 1. The fraction of sp³-hybridized carbons (Fsp3) is 0.364. The Balaban J connectivity index is 2.41. The molecule has 1 N–H and O–H groups in total. The number of rotatable bonds is 2. The van der Waals surface area contributed by atoms with E-state index in [4.69, 9.17) is 9.84 Å². The standard InChI is InChI=1S/C11H13NO3S/c1-12-6-9(11(13)14)16-8-5-3-4-7(15-2)10(8)12/h3-5,9H,6H2,1-2H3,(H,13,14). The van der Waals surface area contributed by atoms with Crippen molar-refractivity contribution in [2.24, 2.45) is 0 Å². The molecular formula is C11H13NO3S. The summed E-state index contributed by atoms with van der Waals surface area (Å²) in [4.78, 5) is 13.9. The van der Waals surface area contributed by atoms with Gasteiger partial charge in [-0.1, -0.05) is 6.07 Å². The van der Waals surface area contributed by atoms with Crippen LogP contribution < -0.4 is 9.64 Å². The first-order valence-corrected chi connectivity index (χ1v) is 5.79. The molecule has 4 nitrogen and oxygen atoms in total. The van der Waals surface area contributed by atoms with Crippen molar-refractivity contribution in [1.82, 2.24) is 0 Å². The molecule has 0 fully saturated rings. The molecule has 1 aliphatic heterocycles. The van der Waals surface area contributed by atoms with Crippen molar-refractivity contribution in [1.29, 1.82) is 0 Å². The Labute approximate surface area is 98.2 Å². The van der Waals surface area contributed by atoms with Gasteiger partial charge in [0.1, 0.15) is 11.0 Å². The number of hydrogen-bond acceptors (Lipinski definition) is 4. The molecule has 16 heavy (non-hydrogen) atoms. The van der Waals surface area contributed by atoms with Crippen molar-refractivity contribution < 1.29 is 14.6 Å². The van der Waals surface area contributed by atoms with Gasteiger partial charge in [-0.3, -0.25) is 4.79 Å². The summed E-state index contributed by atoms with van der Waals surface area (Å²) in [6.45, 7) is 0.493. The van der Waals surface area contributed by atoms with E-state index in [1.807, 2.05) is 30.1 Å². The van der Waals surface area contributed by atoms with Crippen molar-refractivity contribution in [2.75, 3.05) is 25.6 Å². The highest BCUT2D eigenvalue weighted by atomic mass is 32.2. The Morgan fingerprint density at radius 3 is 3.00 bits per heavy atom. The Kier molecular flexibility index (Phi) is 2.96. The minimum atomic E-state index is -0.773. The number of benzene rings is 1. The van der Waals surface area contributed by atoms with Crippen LogP contribution in [0.4, 0.5) is 5.69 Å². The van der Waals surface area contributed by atoms with E-state index in [9.17, 15) is 4.79 Å². The van der Waals surface area contributed by atoms with E-state index in [1.54, 1.807) is 7.11 Å². The van der Waals surface area contributed by atoms with Gasteiger partial charge >= 0.3 is 5.97 Å². The van der Waals surface area contributed by atoms with Crippen LogP contribution in [-0.2, 0) is 4.79 Å². The molecule has 2 rings (SSSR count). The van der Waals surface area contributed by atoms with Gasteiger partial charge in [-0.25, -0.2) is 0 Å². The van der Waals surface area contributed by atoms with E-state index in [-0.39, 0.29) is 0 Å². The summed E-state index contributed by atoms with van der Waals surface area (Å²) in [5.41, 5.74) is 0.979. The molecule has 86 valence electrons. The minimum absolute atomic E-state index is 0.412. The average molecular weight is 239 g/mol. The molecule has 0 aromatic heterocycles. The van der Waals surface area contributed by atoms with Crippen molar-refractivity contribution in [3.8, 4) is 5.75 Å². The van der Waals surface area contributed by atoms with Gasteiger partial charge in [0.15, 0.2) is 0 Å². The highest BCUT2D eigenvalue weighted by Crippen LogP contribution is 2.43. The fourth-order valence-electron chi connectivity index (χ4n) is 1.80. The highest BCUT2D eigenvalue weighted by Gasteiger charge is 2.29. The van der Waals surface area contributed by atoms with E-state index >= 15 is 0 Å². The zero-order valence-corrected chi connectivity index (χ0v) is 9.95. The molecule has 0 aliphatic carbocycles. The lowest BCUT2D eigenvalue weighted by Gasteiger charge is -2.31. The van der Waals surface area contributed by atoms with Gasteiger partial charge in [0.05, 0.1) is 12.8 Å². The number of ether oxygens (including phenoxy) is 1. The second-order valence-electron chi connectivity index (χ2n) is 3.63. The van der Waals surface area contributed by atoms with Gasteiger partial charge < -0.3 is 14.7 Å². The summed E-state index contributed by atoms with van der Waals surface area (Å²) < 4.78 is 5.28. The van der Waals surface area contributed by atoms with Crippen LogP contribution in [0, 0.1) is 0 Å². The predicted octanol–water partition coefficient (Wildman–Crippen LogP) is 1.69. The van der Waals surface area contributed by atoms with E-state index in [2.05, 4.69) is 0 Å². The summed E-state index contributed by atoms with van der Waals surface area (Å²) in [7, 11) is 3.51. The molecular weight excluding hydrogens is 226 g/mol. The molecule has 0 amide bonds. The number of aliphatic carboxylic acids is 1. The van der Waals surface area contributed by atoms with Crippen LogP contribution in [0.25, 0.3) is 0 Å². The Morgan fingerprint density at radius 1 is 1.62 bits per heavy atom. The van der Waals surface area contributed by atoms with Crippen molar-refractivity contribution in [3.05, 3.63) is 18.2 Å². The fourth-order valence-corrected chi connectivity index (χ4v) is 3.03. The molecule has 5 heteroatoms. The summed E-state index contributed by atoms with van der Waals surface area (Å²) in [6, 6.07) is 5.69. The lowest BCUT2D eigenvalue weighted by Crippen LogP contribution is -2.36. The molecule has 1 aromatic rings. The van der Waals surface area contributed by atoms with Crippen molar-refractivity contribution in [2.45, 2.75) is 10.1 Å². The quantitative estimate of drug-likeness (QED) is 0.851. The molecule has 1 heterocycles. The summed E-state index contributed by atoms with van der Waals surface area (Å²) in [6.07, 6.45) is 0. The highest BCUT2D eigenvalue weighted by molar-refractivity contribution is 8.00. The van der Waals surface area contributed by atoms with Gasteiger partial charge in [0.25, 0.3) is 0 Å². The topological polar surface area (TPSA) is 49.8 Å². The molecule has 1 unspecified atom stereocenters. The average Bonchev–Trinajstić information content (AvgIpc) is 2.27. The van der Waals surface area contributed by atoms with Crippen LogP contribution in [-0.4, -0.2) is 37.0 Å². The Bertz CT molecular complexity index is 422. The molecule has 1 atom stereocenters. The zero-order valence-electron chi connectivity index (χ0n) is 9.14. The molecule has 0 bridgehead atoms. The molecule has 0 saturated carbocycles. The maximum absolute atomic E-state index is 11.0. The van der Waals surface area contributed by atoms with E-state index in [0.717, 1.165) is 16.3 Å². The minimum Gasteiger partial charge on any atom is -0.495 e. The first-order chi connectivity index (χ1) is 7.63. The number of carboxylic acid groups (broad SMARTS) is 1. The van der Waals surface area contributed by atoms with Crippen LogP contribution >= 0.6 is 11.8 Å². The van der Waals surface area contributed by atoms with Gasteiger partial charge in [0, 0.05) is 18.5 Å². The maximum atomic E-state index is 11.0. The van der Waals surface area contributed by atoms with Crippen molar-refractivity contribution in [3.63, 3.8) is 0 Å². The second-order valence-corrected chi connectivity index (χ2v) is 4.88. The van der Waals surface area contributed by atoms with Crippen LogP contribution in [0.2, 0.25) is 0 Å². The third-order valence-corrected chi connectivity index (χ3v) is 3.77. The summed E-state index contributed by atoms with van der Waals surface area (Å²) >= 11 is 1.38. The summed E-state index contributed by atoms with van der Waals surface area (Å²) in [5, 5.41) is 8.62. The number of anilines is 1. The second kappa shape index (κ2) is 4.25. The first-order valence-electron chi connectivity index (χ1n) is 4.91. The van der Waals surface area contributed by atoms with E-state index < -0.39 is 11.2 Å². The van der Waals surface area contributed by atoms with Crippen LogP contribution in [0.15, 0.2) is 23.1 Å². The van der Waals surface area contributed by atoms with E-state index in [1.165, 1.54) is 11.8 Å². The SMILES string of the molecule is COc1cccc2c1N(C)CC(C(=O)O)S2. The number of methoxy groups -OCH3 is 1. The zero-order chi connectivity index (χ0) is 11.7. The van der Waals surface area contributed by atoms with E-state index in [0.29, 0.717) is 6.54 Å². The van der Waals surface area contributed by atoms with Gasteiger partial charge in [-0.2, -0.15) is 0 Å². The smallest absolute Gasteiger partial charge is 0.318 e. The number of carboxylic acids is 1. The maximum Gasteiger partial charge on any atom is 0.318 e. The molecule has 0 saturated heterocycles. The third-order valence-electron chi connectivity index (χ3n) is 2.55. The molecule has 1 aliphatic rings. The van der Waals surface area contributed by atoms with Crippen molar-refractivity contribution >= 4 is 23.4 Å². The van der Waals surface area contributed by atoms with Gasteiger partial charge in [0.2, 0.25) is 0 Å². The lowest BCUT2D eigenvalue weighted by atomic mass is 10.2. The third kappa shape index (κ3) is 1.82. The predicted molar refractivity (Wildman–Crippen MR) is 63.5 cm³/mol. The van der Waals surface area contributed by atoms with Crippen LogP contribution in [0.5, 0.6) is 5.75 Å². The molecule has 1 aromatic carbocycles. The number of fused-ring (bicyclic) bond motifs is 1. The number of thioether (sulfide) groups is 1. The number of carbonyl (C=O) groups is 1. The largest absolute Gasteiger partial charge is 0.495 e. The summed E-state index contributed by atoms with van der Waals surface area (Å²) in [5.74, 6) is 0.0154.